The van der Waals surface area contributed by atoms with E-state index in [1.165, 1.54) is 29.7 Å². The van der Waals surface area contributed by atoms with Crippen molar-refractivity contribution in [1.29, 1.82) is 0 Å². The van der Waals surface area contributed by atoms with Gasteiger partial charge in [0.05, 0.1) is 29.4 Å². The quantitative estimate of drug-likeness (QED) is 0.415. The standard InChI is InChI=1S/C26H26FN5O4S2/c1-16(33)28-14-20-15-32(26(35)36-20)19-6-7-22(21(27)13-19)31-10-8-30(9-11-31)18-4-2-17(3-5-18)12-23-24(34)29-25(37)38-23/h2-7,12-13,20H,8-11,14-15H2,1H3,(H,28,33)(H,29,34,37)/b23-12+/t20-/m0/s1. The van der Waals surface area contributed by atoms with Crippen LogP contribution in [0.2, 0.25) is 0 Å². The molecule has 3 amide bonds. The lowest BCUT2D eigenvalue weighted by Gasteiger charge is -2.37. The average Bonchev–Trinajstić information content (AvgIpc) is 3.43. The Morgan fingerprint density at radius 1 is 1.13 bits per heavy atom. The largest absolute Gasteiger partial charge is 0.442 e. The maximum absolute atomic E-state index is 15.1. The van der Waals surface area contributed by atoms with Gasteiger partial charge in [-0.3, -0.25) is 14.5 Å². The van der Waals surface area contributed by atoms with Crippen LogP contribution in [0.25, 0.3) is 6.08 Å². The van der Waals surface area contributed by atoms with Gasteiger partial charge in [-0.25, -0.2) is 9.18 Å². The third kappa shape index (κ3) is 5.76. The second kappa shape index (κ2) is 11.0. The number of rotatable bonds is 6. The molecule has 0 radical (unpaired) electrons. The molecule has 1 atom stereocenters. The zero-order chi connectivity index (χ0) is 26.8. The van der Waals surface area contributed by atoms with Crippen molar-refractivity contribution in [2.75, 3.05) is 54.0 Å². The molecule has 5 rings (SSSR count). The number of nitrogens with one attached hydrogen (secondary N) is 2. The number of hydrogen-bond acceptors (Lipinski definition) is 8. The van der Waals surface area contributed by atoms with E-state index in [0.717, 1.165) is 24.3 Å². The fourth-order valence-electron chi connectivity index (χ4n) is 4.58. The lowest BCUT2D eigenvalue weighted by atomic mass is 10.1. The zero-order valence-electron chi connectivity index (χ0n) is 20.6. The van der Waals surface area contributed by atoms with Gasteiger partial charge in [-0.05, 0) is 42.0 Å². The number of benzene rings is 2. The van der Waals surface area contributed by atoms with E-state index in [1.807, 2.05) is 35.2 Å². The number of piperazine rings is 1. The first-order valence-electron chi connectivity index (χ1n) is 12.1. The SMILES string of the molecule is CC(=O)NC[C@H]1CN(c2ccc(N3CCN(c4ccc(/C=C5/SC(=S)NC5=O)cc4)CC3)c(F)c2)C(=O)O1. The van der Waals surface area contributed by atoms with E-state index in [0.29, 0.717) is 33.7 Å². The number of thioether (sulfide) groups is 1. The minimum Gasteiger partial charge on any atom is -0.442 e. The summed E-state index contributed by atoms with van der Waals surface area (Å²) in [5.41, 5.74) is 2.89. The molecule has 0 bridgehead atoms. The van der Waals surface area contributed by atoms with Gasteiger partial charge < -0.3 is 25.2 Å². The van der Waals surface area contributed by atoms with Gasteiger partial charge in [-0.1, -0.05) is 36.1 Å². The molecular weight excluding hydrogens is 529 g/mol. The first-order valence-corrected chi connectivity index (χ1v) is 13.4. The fraction of sp³-hybridized carbons (Fsp3) is 0.308. The van der Waals surface area contributed by atoms with Crippen LogP contribution in [0.5, 0.6) is 0 Å². The Kier molecular flexibility index (Phi) is 7.52. The molecule has 0 unspecified atom stereocenters. The molecule has 38 heavy (non-hydrogen) atoms. The van der Waals surface area contributed by atoms with E-state index in [1.54, 1.807) is 12.1 Å². The van der Waals surface area contributed by atoms with Crippen LogP contribution in [0.3, 0.4) is 0 Å². The maximum atomic E-state index is 15.1. The van der Waals surface area contributed by atoms with Gasteiger partial charge in [0.2, 0.25) is 5.91 Å². The smallest absolute Gasteiger partial charge is 0.414 e. The van der Waals surface area contributed by atoms with Crippen molar-refractivity contribution in [3.8, 4) is 0 Å². The topological polar surface area (TPSA) is 94.2 Å². The number of amides is 3. The number of cyclic esters (lactones) is 1. The highest BCUT2D eigenvalue weighted by Gasteiger charge is 2.33. The van der Waals surface area contributed by atoms with Crippen LogP contribution in [0.1, 0.15) is 12.5 Å². The molecule has 9 nitrogen and oxygen atoms in total. The number of anilines is 3. The Balaban J connectivity index is 1.18. The molecule has 3 aliphatic rings. The summed E-state index contributed by atoms with van der Waals surface area (Å²) >= 11 is 6.29. The van der Waals surface area contributed by atoms with Crippen molar-refractivity contribution in [2.24, 2.45) is 0 Å². The highest BCUT2D eigenvalue weighted by Crippen LogP contribution is 2.30. The predicted octanol–water partition coefficient (Wildman–Crippen LogP) is 3.10. The minimum atomic E-state index is -0.558. The van der Waals surface area contributed by atoms with Crippen molar-refractivity contribution in [1.82, 2.24) is 10.6 Å². The Morgan fingerprint density at radius 2 is 1.82 bits per heavy atom. The summed E-state index contributed by atoms with van der Waals surface area (Å²) in [5.74, 6) is -0.782. The zero-order valence-corrected chi connectivity index (χ0v) is 22.2. The van der Waals surface area contributed by atoms with Crippen molar-refractivity contribution in [3.63, 3.8) is 0 Å². The lowest BCUT2D eigenvalue weighted by Crippen LogP contribution is -2.46. The molecule has 0 spiro atoms. The molecule has 198 valence electrons. The normalized spacial score (nSPS) is 20.7. The maximum Gasteiger partial charge on any atom is 0.414 e. The molecule has 0 aliphatic carbocycles. The van der Waals surface area contributed by atoms with Crippen molar-refractivity contribution in [3.05, 3.63) is 58.8 Å². The van der Waals surface area contributed by atoms with E-state index in [4.69, 9.17) is 17.0 Å². The van der Waals surface area contributed by atoms with Gasteiger partial charge >= 0.3 is 6.09 Å². The van der Waals surface area contributed by atoms with Crippen LogP contribution in [0.15, 0.2) is 47.4 Å². The molecule has 3 heterocycles. The minimum absolute atomic E-state index is 0.174. The highest BCUT2D eigenvalue weighted by atomic mass is 32.2. The number of halogens is 1. The third-order valence-corrected chi connectivity index (χ3v) is 7.68. The van der Waals surface area contributed by atoms with Crippen LogP contribution in [-0.2, 0) is 14.3 Å². The number of nitrogens with zero attached hydrogens (tertiary/aromatic N) is 3. The summed E-state index contributed by atoms with van der Waals surface area (Å²) in [5, 5.41) is 5.24. The summed E-state index contributed by atoms with van der Waals surface area (Å²) in [7, 11) is 0. The number of carbonyl (C=O) groups excluding carboxylic acids is 3. The van der Waals surface area contributed by atoms with Gasteiger partial charge in [-0.15, -0.1) is 0 Å². The number of hydrogen-bond donors (Lipinski definition) is 2. The van der Waals surface area contributed by atoms with Gasteiger partial charge in [0.15, 0.2) is 0 Å². The van der Waals surface area contributed by atoms with Gasteiger partial charge in [0.25, 0.3) is 5.91 Å². The molecule has 0 aromatic heterocycles. The van der Waals surface area contributed by atoms with Gasteiger partial charge in [0.1, 0.15) is 16.2 Å². The first kappa shape index (κ1) is 26.0. The van der Waals surface area contributed by atoms with E-state index >= 15 is 4.39 Å². The summed E-state index contributed by atoms with van der Waals surface area (Å²) < 4.78 is 20.9. The molecule has 0 saturated carbocycles. The Bertz CT molecular complexity index is 1310. The van der Waals surface area contributed by atoms with Crippen molar-refractivity contribution < 1.29 is 23.5 Å². The molecular formula is C26H26FN5O4S2. The van der Waals surface area contributed by atoms with Crippen LogP contribution in [-0.4, -0.2) is 67.6 Å². The number of carbonyl (C=O) groups is 3. The Labute approximate surface area is 229 Å². The molecule has 12 heteroatoms. The van der Waals surface area contributed by atoms with Crippen LogP contribution >= 0.6 is 24.0 Å². The third-order valence-electron chi connectivity index (χ3n) is 6.51. The van der Waals surface area contributed by atoms with Crippen LogP contribution in [0, 0.1) is 5.82 Å². The molecule has 3 saturated heterocycles. The van der Waals surface area contributed by atoms with Crippen molar-refractivity contribution >= 4 is 69.3 Å². The summed E-state index contributed by atoms with van der Waals surface area (Å²) in [6.45, 7) is 4.57. The first-order chi connectivity index (χ1) is 18.3. The van der Waals surface area contributed by atoms with E-state index in [9.17, 15) is 14.4 Å². The Hall–Kier alpha value is -3.64. The summed E-state index contributed by atoms with van der Waals surface area (Å²) in [4.78, 5) is 41.4. The lowest BCUT2D eigenvalue weighted by molar-refractivity contribution is -0.119. The second-order valence-electron chi connectivity index (χ2n) is 9.11. The van der Waals surface area contributed by atoms with Gasteiger partial charge in [-0.2, -0.15) is 0 Å². The van der Waals surface area contributed by atoms with Crippen LogP contribution in [0.4, 0.5) is 26.2 Å². The monoisotopic (exact) mass is 555 g/mol. The molecule has 3 aliphatic heterocycles. The summed E-state index contributed by atoms with van der Waals surface area (Å²) in [6, 6.07) is 12.7. The van der Waals surface area contributed by atoms with E-state index in [-0.39, 0.29) is 24.9 Å². The molecule has 3 fully saturated rings. The number of ether oxygens (including phenoxy) is 1. The fourth-order valence-corrected chi connectivity index (χ4v) is 5.62. The molecule has 2 aromatic rings. The number of thiocarbonyl (C=S) groups is 1. The summed E-state index contributed by atoms with van der Waals surface area (Å²) in [6.07, 6.45) is 0.780. The predicted molar refractivity (Wildman–Crippen MR) is 150 cm³/mol. The van der Waals surface area contributed by atoms with Crippen molar-refractivity contribution in [2.45, 2.75) is 13.0 Å². The van der Waals surface area contributed by atoms with Crippen LogP contribution < -0.4 is 25.3 Å². The highest BCUT2D eigenvalue weighted by molar-refractivity contribution is 8.26. The molecule has 2 aromatic carbocycles. The van der Waals surface area contributed by atoms with Gasteiger partial charge in [0, 0.05) is 38.8 Å². The average molecular weight is 556 g/mol. The molecule has 2 N–H and O–H groups in total. The Morgan fingerprint density at radius 3 is 2.45 bits per heavy atom. The second-order valence-corrected chi connectivity index (χ2v) is 10.8. The van der Waals surface area contributed by atoms with E-state index in [2.05, 4.69) is 15.5 Å². The van der Waals surface area contributed by atoms with E-state index < -0.39 is 18.0 Å².